The number of fused-ring (bicyclic) bond motifs is 1. The molecule has 1 fully saturated rings. The van der Waals surface area contributed by atoms with Gasteiger partial charge in [0.05, 0.1) is 11.5 Å². The normalized spacial score (nSPS) is 22.6. The zero-order valence-corrected chi connectivity index (χ0v) is 11.5. The molecule has 0 saturated carbocycles. The van der Waals surface area contributed by atoms with Crippen LogP contribution in [0.4, 0.5) is 0 Å². The number of nitrogens with zero attached hydrogens (tertiary/aromatic N) is 2. The maximum absolute atomic E-state index is 5.48. The van der Waals surface area contributed by atoms with Crippen molar-refractivity contribution in [2.45, 2.75) is 38.0 Å². The van der Waals surface area contributed by atoms with Crippen molar-refractivity contribution >= 4 is 11.3 Å². The first-order valence-corrected chi connectivity index (χ1v) is 7.81. The summed E-state index contributed by atoms with van der Waals surface area (Å²) >= 11 is 1.75. The van der Waals surface area contributed by atoms with Gasteiger partial charge in [0.2, 0.25) is 0 Å². The molecule has 19 heavy (non-hydrogen) atoms. The van der Waals surface area contributed by atoms with Gasteiger partial charge in [0.25, 0.3) is 5.89 Å². The molecule has 1 unspecified atom stereocenters. The number of hydrogen-bond acceptors (Lipinski definition) is 5. The largest absolute Gasteiger partial charge is 0.381 e. The average molecular weight is 276 g/mol. The van der Waals surface area contributed by atoms with Gasteiger partial charge < -0.3 is 9.26 Å². The maximum atomic E-state index is 5.48. The lowest BCUT2D eigenvalue weighted by Crippen LogP contribution is -2.01. The van der Waals surface area contributed by atoms with Gasteiger partial charge in [-0.15, -0.1) is 11.3 Å². The van der Waals surface area contributed by atoms with Crippen LogP contribution in [0.3, 0.4) is 0 Å². The summed E-state index contributed by atoms with van der Waals surface area (Å²) in [5.74, 6) is 1.83. The van der Waals surface area contributed by atoms with Crippen LogP contribution in [0.1, 0.15) is 42.1 Å². The molecule has 0 amide bonds. The molecule has 1 aliphatic carbocycles. The molecule has 5 heteroatoms. The third kappa shape index (κ3) is 2.01. The van der Waals surface area contributed by atoms with E-state index in [2.05, 4.69) is 15.5 Å². The fraction of sp³-hybridized carbons (Fsp3) is 0.571. The average Bonchev–Trinajstić information content (AvgIpc) is 3.18. The molecule has 0 radical (unpaired) electrons. The lowest BCUT2D eigenvalue weighted by Gasteiger charge is -2.11. The number of rotatable bonds is 2. The number of aromatic nitrogens is 2. The Bertz CT molecular complexity index is 584. The second-order valence-electron chi connectivity index (χ2n) is 5.29. The number of ether oxygens (including phenoxy) is 1. The molecule has 4 rings (SSSR count). The van der Waals surface area contributed by atoms with E-state index in [0.29, 0.717) is 11.8 Å². The van der Waals surface area contributed by atoms with Gasteiger partial charge in [-0.25, -0.2) is 0 Å². The van der Waals surface area contributed by atoms with Crippen LogP contribution in [0, 0.1) is 0 Å². The van der Waals surface area contributed by atoms with Crippen molar-refractivity contribution in [2.24, 2.45) is 0 Å². The highest BCUT2D eigenvalue weighted by molar-refractivity contribution is 7.13. The fourth-order valence-corrected chi connectivity index (χ4v) is 4.01. The third-order valence-corrected chi connectivity index (χ3v) is 5.09. The predicted molar refractivity (Wildman–Crippen MR) is 72.4 cm³/mol. The minimum Gasteiger partial charge on any atom is -0.381 e. The van der Waals surface area contributed by atoms with Crippen LogP contribution in [0.15, 0.2) is 9.90 Å². The molecule has 3 heterocycles. The highest BCUT2D eigenvalue weighted by Gasteiger charge is 2.25. The Kier molecular flexibility index (Phi) is 2.89. The summed E-state index contributed by atoms with van der Waals surface area (Å²) < 4.78 is 10.9. The van der Waals surface area contributed by atoms with Crippen LogP contribution in [0.25, 0.3) is 10.8 Å². The molecule has 1 atom stereocenters. The molecule has 2 aromatic rings. The van der Waals surface area contributed by atoms with Gasteiger partial charge >= 0.3 is 0 Å². The van der Waals surface area contributed by atoms with Crippen LogP contribution < -0.4 is 0 Å². The first kappa shape index (κ1) is 11.6. The fourth-order valence-electron chi connectivity index (χ4n) is 2.93. The minimum absolute atomic E-state index is 0.313. The van der Waals surface area contributed by atoms with Crippen molar-refractivity contribution in [2.75, 3.05) is 13.2 Å². The Labute approximate surface area is 115 Å². The lowest BCUT2D eigenvalue weighted by molar-refractivity contribution is 0.192. The molecule has 100 valence electrons. The number of hydrogen-bond donors (Lipinski definition) is 0. The molecule has 0 spiro atoms. The molecule has 2 aromatic heterocycles. The van der Waals surface area contributed by atoms with E-state index < -0.39 is 0 Å². The molecule has 1 aliphatic heterocycles. The van der Waals surface area contributed by atoms with Crippen molar-refractivity contribution in [3.63, 3.8) is 0 Å². The van der Waals surface area contributed by atoms with Gasteiger partial charge in [-0.3, -0.25) is 0 Å². The van der Waals surface area contributed by atoms with Crippen LogP contribution >= 0.6 is 11.3 Å². The van der Waals surface area contributed by atoms with Crippen molar-refractivity contribution in [1.82, 2.24) is 10.1 Å². The molecular weight excluding hydrogens is 260 g/mol. The van der Waals surface area contributed by atoms with Crippen LogP contribution in [-0.2, 0) is 17.6 Å². The molecular formula is C14H16N2O2S. The van der Waals surface area contributed by atoms with Gasteiger partial charge in [-0.2, -0.15) is 4.98 Å². The van der Waals surface area contributed by atoms with Crippen molar-refractivity contribution in [3.8, 4) is 10.8 Å². The van der Waals surface area contributed by atoms with E-state index in [1.54, 1.807) is 11.3 Å². The van der Waals surface area contributed by atoms with Gasteiger partial charge in [0, 0.05) is 12.5 Å². The van der Waals surface area contributed by atoms with Crippen LogP contribution in [-0.4, -0.2) is 23.4 Å². The first-order valence-electron chi connectivity index (χ1n) is 6.93. The van der Waals surface area contributed by atoms with Gasteiger partial charge in [-0.05, 0) is 48.6 Å². The highest BCUT2D eigenvalue weighted by Crippen LogP contribution is 2.37. The topological polar surface area (TPSA) is 48.2 Å². The maximum Gasteiger partial charge on any atom is 0.268 e. The summed E-state index contributed by atoms with van der Waals surface area (Å²) in [5.41, 5.74) is 2.92. The molecule has 1 saturated heterocycles. The Morgan fingerprint density at radius 2 is 2.21 bits per heavy atom. The van der Waals surface area contributed by atoms with E-state index in [9.17, 15) is 0 Å². The van der Waals surface area contributed by atoms with Crippen LogP contribution in [0.2, 0.25) is 0 Å². The van der Waals surface area contributed by atoms with Crippen molar-refractivity contribution < 1.29 is 9.26 Å². The second kappa shape index (κ2) is 4.72. The summed E-state index contributed by atoms with van der Waals surface area (Å²) in [7, 11) is 0. The van der Waals surface area contributed by atoms with Gasteiger partial charge in [0.15, 0.2) is 5.82 Å². The van der Waals surface area contributed by atoms with E-state index in [1.807, 2.05) is 0 Å². The predicted octanol–water partition coefficient (Wildman–Crippen LogP) is 3.18. The van der Waals surface area contributed by atoms with Gasteiger partial charge in [-0.1, -0.05) is 5.16 Å². The standard InChI is InChI=1S/C14H16N2O2S/c1-2-4-11-10(3-1)8-19-12(11)14-15-13(16-18-14)9-5-6-17-7-9/h8-9H,1-7H2. The van der Waals surface area contributed by atoms with Gasteiger partial charge in [0.1, 0.15) is 0 Å². The Hall–Kier alpha value is -1.20. The molecule has 0 N–H and O–H groups in total. The third-order valence-electron chi connectivity index (χ3n) is 4.03. The molecule has 4 nitrogen and oxygen atoms in total. The second-order valence-corrected chi connectivity index (χ2v) is 6.17. The molecule has 0 bridgehead atoms. The van der Waals surface area contributed by atoms with Crippen LogP contribution in [0.5, 0.6) is 0 Å². The number of aryl methyl sites for hydroxylation is 1. The zero-order valence-electron chi connectivity index (χ0n) is 10.7. The smallest absolute Gasteiger partial charge is 0.268 e. The van der Waals surface area contributed by atoms with Crippen molar-refractivity contribution in [1.29, 1.82) is 0 Å². The van der Waals surface area contributed by atoms with E-state index in [-0.39, 0.29) is 0 Å². The van der Waals surface area contributed by atoms with E-state index in [0.717, 1.165) is 31.9 Å². The minimum atomic E-state index is 0.313. The van der Waals surface area contributed by atoms with E-state index in [1.165, 1.54) is 35.3 Å². The highest BCUT2D eigenvalue weighted by atomic mass is 32.1. The summed E-state index contributed by atoms with van der Waals surface area (Å²) in [6.07, 6.45) is 5.93. The SMILES string of the molecule is c1sc(-c2nc(C3CCOC3)no2)c2c1CCCC2. The monoisotopic (exact) mass is 276 g/mol. The summed E-state index contributed by atoms with van der Waals surface area (Å²) in [6.45, 7) is 1.53. The Morgan fingerprint density at radius 3 is 3.11 bits per heavy atom. The Morgan fingerprint density at radius 1 is 1.26 bits per heavy atom. The molecule has 0 aromatic carbocycles. The molecule has 2 aliphatic rings. The number of thiophene rings is 1. The van der Waals surface area contributed by atoms with E-state index in [4.69, 9.17) is 9.26 Å². The summed E-state index contributed by atoms with van der Waals surface area (Å²) in [6, 6.07) is 0. The quantitative estimate of drug-likeness (QED) is 0.845. The van der Waals surface area contributed by atoms with Crippen molar-refractivity contribution in [3.05, 3.63) is 22.3 Å². The lowest BCUT2D eigenvalue weighted by atomic mass is 9.94. The zero-order chi connectivity index (χ0) is 12.7. The summed E-state index contributed by atoms with van der Waals surface area (Å²) in [4.78, 5) is 5.78. The van der Waals surface area contributed by atoms with E-state index >= 15 is 0 Å². The Balaban J connectivity index is 1.67. The summed E-state index contributed by atoms with van der Waals surface area (Å²) in [5, 5.41) is 6.40. The first-order chi connectivity index (χ1) is 9.42.